The number of carboxylic acid groups (broad SMARTS) is 1. The Morgan fingerprint density at radius 2 is 2.00 bits per heavy atom. The molecule has 0 unspecified atom stereocenters. The molecule has 0 spiro atoms. The number of rotatable bonds is 7. The molecular weight excluding hydrogens is 280 g/mol. The van der Waals surface area contributed by atoms with Gasteiger partial charge in [-0.3, -0.25) is 0 Å². The van der Waals surface area contributed by atoms with Gasteiger partial charge >= 0.3 is 12.0 Å². The van der Waals surface area contributed by atoms with Gasteiger partial charge < -0.3 is 20.1 Å². The number of thioether (sulfide) groups is 1. The molecular formula is C13H18N2O4S. The van der Waals surface area contributed by atoms with E-state index in [-0.39, 0.29) is 12.6 Å². The smallest absolute Gasteiger partial charge is 0.341 e. The summed E-state index contributed by atoms with van der Waals surface area (Å²) in [5.74, 6) is 0.297. The van der Waals surface area contributed by atoms with Gasteiger partial charge in [0.25, 0.3) is 0 Å². The summed E-state index contributed by atoms with van der Waals surface area (Å²) in [6, 6.07) is 6.37. The number of urea groups is 1. The lowest BCUT2D eigenvalue weighted by molar-refractivity contribution is -0.139. The number of carboxylic acids is 1. The lowest BCUT2D eigenvalue weighted by atomic mass is 10.3. The zero-order chi connectivity index (χ0) is 15.0. The summed E-state index contributed by atoms with van der Waals surface area (Å²) in [6.45, 7) is 0.288. The average molecular weight is 298 g/mol. The van der Waals surface area contributed by atoms with Gasteiger partial charge in [0.05, 0.1) is 0 Å². The van der Waals surface area contributed by atoms with Crippen LogP contribution in [0.4, 0.5) is 10.5 Å². The normalized spacial score (nSPS) is 9.90. The highest BCUT2D eigenvalue weighted by molar-refractivity contribution is 7.98. The van der Waals surface area contributed by atoms with Gasteiger partial charge in [-0.05, 0) is 30.5 Å². The van der Waals surface area contributed by atoms with E-state index in [1.807, 2.05) is 6.26 Å². The van der Waals surface area contributed by atoms with E-state index < -0.39 is 5.97 Å². The second kappa shape index (κ2) is 8.31. The Labute approximate surface area is 122 Å². The Bertz CT molecular complexity index is 450. The van der Waals surface area contributed by atoms with Gasteiger partial charge in [-0.25, -0.2) is 9.59 Å². The quantitative estimate of drug-likeness (QED) is 0.804. The van der Waals surface area contributed by atoms with Crippen molar-refractivity contribution in [1.29, 1.82) is 0 Å². The number of hydrogen-bond acceptors (Lipinski definition) is 4. The zero-order valence-electron chi connectivity index (χ0n) is 11.5. The Morgan fingerprint density at radius 1 is 1.35 bits per heavy atom. The number of carbonyl (C=O) groups excluding carboxylic acids is 1. The van der Waals surface area contributed by atoms with Gasteiger partial charge in [0.1, 0.15) is 5.75 Å². The lowest BCUT2D eigenvalue weighted by Crippen LogP contribution is -2.33. The number of amides is 2. The van der Waals surface area contributed by atoms with E-state index in [2.05, 4.69) is 5.32 Å². The van der Waals surface area contributed by atoms with Crippen LogP contribution in [-0.4, -0.2) is 54.2 Å². The molecule has 1 aromatic carbocycles. The van der Waals surface area contributed by atoms with Gasteiger partial charge in [0.15, 0.2) is 6.61 Å². The van der Waals surface area contributed by atoms with Crippen molar-refractivity contribution in [3.8, 4) is 5.75 Å². The maximum atomic E-state index is 11.8. The van der Waals surface area contributed by atoms with Crippen LogP contribution in [0.15, 0.2) is 24.3 Å². The SMILES string of the molecule is CSCCN(C)C(=O)Nc1ccc(OCC(=O)O)cc1. The maximum Gasteiger partial charge on any atom is 0.341 e. The van der Waals surface area contributed by atoms with Crippen LogP contribution in [0.5, 0.6) is 5.75 Å². The Kier molecular flexibility index (Phi) is 6.72. The molecule has 2 N–H and O–H groups in total. The van der Waals surface area contributed by atoms with Crippen LogP contribution in [0.2, 0.25) is 0 Å². The Hall–Kier alpha value is -1.89. The molecule has 110 valence electrons. The van der Waals surface area contributed by atoms with Gasteiger partial charge in [-0.15, -0.1) is 0 Å². The predicted octanol–water partition coefficient (Wildman–Crippen LogP) is 1.98. The van der Waals surface area contributed by atoms with E-state index in [0.29, 0.717) is 18.0 Å². The fraction of sp³-hybridized carbons (Fsp3) is 0.385. The molecule has 0 bridgehead atoms. The standard InChI is InChI=1S/C13H18N2O4S/c1-15(7-8-20-2)13(18)14-10-3-5-11(6-4-10)19-9-12(16)17/h3-6H,7-9H2,1-2H3,(H,14,18)(H,16,17). The third-order valence-electron chi connectivity index (χ3n) is 2.45. The summed E-state index contributed by atoms with van der Waals surface area (Å²) in [7, 11) is 1.73. The summed E-state index contributed by atoms with van der Waals surface area (Å²) in [5.41, 5.74) is 0.633. The van der Waals surface area contributed by atoms with Crippen LogP contribution >= 0.6 is 11.8 Å². The molecule has 20 heavy (non-hydrogen) atoms. The minimum absolute atomic E-state index is 0.182. The molecule has 0 atom stereocenters. The molecule has 0 saturated carbocycles. The first kappa shape index (κ1) is 16.2. The number of ether oxygens (including phenoxy) is 1. The highest BCUT2D eigenvalue weighted by Gasteiger charge is 2.08. The molecule has 7 heteroatoms. The second-order valence-corrected chi connectivity index (χ2v) is 5.04. The topological polar surface area (TPSA) is 78.9 Å². The van der Waals surface area contributed by atoms with E-state index in [1.54, 1.807) is 48.0 Å². The molecule has 0 aliphatic carbocycles. The summed E-state index contributed by atoms with van der Waals surface area (Å²) in [5, 5.41) is 11.2. The first-order chi connectivity index (χ1) is 9.52. The number of nitrogens with one attached hydrogen (secondary N) is 1. The van der Waals surface area contributed by atoms with Crippen molar-refractivity contribution in [2.24, 2.45) is 0 Å². The summed E-state index contributed by atoms with van der Waals surface area (Å²) >= 11 is 1.68. The molecule has 0 radical (unpaired) electrons. The summed E-state index contributed by atoms with van der Waals surface area (Å²) in [4.78, 5) is 23.8. The number of anilines is 1. The van der Waals surface area contributed by atoms with Crippen molar-refractivity contribution >= 4 is 29.4 Å². The minimum atomic E-state index is -1.03. The third-order valence-corrected chi connectivity index (χ3v) is 3.04. The molecule has 2 amide bonds. The third kappa shape index (κ3) is 5.83. The van der Waals surface area contributed by atoms with Crippen LogP contribution in [0.3, 0.4) is 0 Å². The Balaban J connectivity index is 2.48. The zero-order valence-corrected chi connectivity index (χ0v) is 12.3. The number of benzene rings is 1. The minimum Gasteiger partial charge on any atom is -0.482 e. The average Bonchev–Trinajstić information content (AvgIpc) is 2.43. The monoisotopic (exact) mass is 298 g/mol. The highest BCUT2D eigenvalue weighted by atomic mass is 32.2. The van der Waals surface area contributed by atoms with Crippen LogP contribution in [0, 0.1) is 0 Å². The van der Waals surface area contributed by atoms with E-state index in [0.717, 1.165) is 5.75 Å². The van der Waals surface area contributed by atoms with Crippen molar-refractivity contribution in [1.82, 2.24) is 4.90 Å². The molecule has 1 rings (SSSR count). The number of nitrogens with zero attached hydrogens (tertiary/aromatic N) is 1. The lowest BCUT2D eigenvalue weighted by Gasteiger charge is -2.17. The van der Waals surface area contributed by atoms with E-state index in [4.69, 9.17) is 9.84 Å². The summed E-state index contributed by atoms with van der Waals surface area (Å²) < 4.78 is 5.00. The van der Waals surface area contributed by atoms with Crippen molar-refractivity contribution in [2.75, 3.05) is 37.5 Å². The fourth-order valence-electron chi connectivity index (χ4n) is 1.33. The molecule has 1 aromatic rings. The van der Waals surface area contributed by atoms with Gasteiger partial charge in [-0.1, -0.05) is 0 Å². The number of hydrogen-bond donors (Lipinski definition) is 2. The first-order valence-corrected chi connectivity index (χ1v) is 7.38. The fourth-order valence-corrected chi connectivity index (χ4v) is 1.78. The maximum absolute atomic E-state index is 11.8. The van der Waals surface area contributed by atoms with Crippen molar-refractivity contribution in [3.05, 3.63) is 24.3 Å². The van der Waals surface area contributed by atoms with Crippen LogP contribution in [0.1, 0.15) is 0 Å². The van der Waals surface area contributed by atoms with Gasteiger partial charge in [0.2, 0.25) is 0 Å². The van der Waals surface area contributed by atoms with E-state index in [1.165, 1.54) is 0 Å². The molecule has 0 saturated heterocycles. The molecule has 0 fully saturated rings. The van der Waals surface area contributed by atoms with Crippen LogP contribution < -0.4 is 10.1 Å². The molecule has 0 aliphatic rings. The van der Waals surface area contributed by atoms with E-state index >= 15 is 0 Å². The largest absolute Gasteiger partial charge is 0.482 e. The van der Waals surface area contributed by atoms with Crippen molar-refractivity contribution in [2.45, 2.75) is 0 Å². The van der Waals surface area contributed by atoms with Gasteiger partial charge in [0, 0.05) is 25.0 Å². The van der Waals surface area contributed by atoms with E-state index in [9.17, 15) is 9.59 Å². The highest BCUT2D eigenvalue weighted by Crippen LogP contribution is 2.16. The molecule has 6 nitrogen and oxygen atoms in total. The first-order valence-electron chi connectivity index (χ1n) is 5.98. The van der Waals surface area contributed by atoms with Crippen molar-refractivity contribution in [3.63, 3.8) is 0 Å². The number of aliphatic carboxylic acids is 1. The van der Waals surface area contributed by atoms with Crippen LogP contribution in [-0.2, 0) is 4.79 Å². The molecule has 0 aliphatic heterocycles. The Morgan fingerprint density at radius 3 is 2.55 bits per heavy atom. The predicted molar refractivity (Wildman–Crippen MR) is 79.6 cm³/mol. The van der Waals surface area contributed by atoms with Crippen molar-refractivity contribution < 1.29 is 19.4 Å². The second-order valence-electron chi connectivity index (χ2n) is 4.05. The van der Waals surface area contributed by atoms with Gasteiger partial charge in [-0.2, -0.15) is 11.8 Å². The van der Waals surface area contributed by atoms with Crippen LogP contribution in [0.25, 0.3) is 0 Å². The molecule has 0 heterocycles. The molecule has 0 aromatic heterocycles. The number of carbonyl (C=O) groups is 2. The summed E-state index contributed by atoms with van der Waals surface area (Å²) in [6.07, 6.45) is 1.99.